The molecule has 0 aliphatic rings. The van der Waals surface area contributed by atoms with Gasteiger partial charge in [-0.2, -0.15) is 0 Å². The highest BCUT2D eigenvalue weighted by atomic mass is 16.6. The fraction of sp³-hybridized carbons (Fsp3) is 0.500. The predicted molar refractivity (Wildman–Crippen MR) is 55.4 cm³/mol. The minimum absolute atomic E-state index is 0.132. The van der Waals surface area contributed by atoms with Gasteiger partial charge >= 0.3 is 5.69 Å². The van der Waals surface area contributed by atoms with Crippen LogP contribution in [0.2, 0.25) is 0 Å². The van der Waals surface area contributed by atoms with Gasteiger partial charge in [-0.25, -0.2) is 9.97 Å². The topological polar surface area (TPSA) is 107 Å². The zero-order valence-electron chi connectivity index (χ0n) is 8.60. The largest absolute Gasteiger partial charge is 0.352 e. The Morgan fingerprint density at radius 3 is 2.47 bits per heavy atom. The molecule has 0 bridgehead atoms. The molecule has 3 N–H and O–H groups in total. The van der Waals surface area contributed by atoms with Crippen molar-refractivity contribution in [3.63, 3.8) is 0 Å². The third-order valence-electron chi connectivity index (χ3n) is 1.55. The van der Waals surface area contributed by atoms with Gasteiger partial charge in [0, 0.05) is 12.1 Å². The fourth-order valence-electron chi connectivity index (χ4n) is 0.814. The summed E-state index contributed by atoms with van der Waals surface area (Å²) in [6.45, 7) is 4.20. The second-order valence-corrected chi connectivity index (χ2v) is 3.86. The van der Waals surface area contributed by atoms with Crippen molar-refractivity contribution in [2.24, 2.45) is 5.73 Å². The van der Waals surface area contributed by atoms with Crippen molar-refractivity contribution >= 4 is 11.6 Å². The van der Waals surface area contributed by atoms with Crippen molar-refractivity contribution in [1.82, 2.24) is 9.97 Å². The average Bonchev–Trinajstić information content (AvgIpc) is 2.14. The fourth-order valence-corrected chi connectivity index (χ4v) is 0.814. The van der Waals surface area contributed by atoms with E-state index in [0.29, 0.717) is 12.5 Å². The smallest absolute Gasteiger partial charge is 0.305 e. The van der Waals surface area contributed by atoms with Gasteiger partial charge in [-0.3, -0.25) is 10.1 Å². The zero-order chi connectivity index (χ0) is 11.5. The predicted octanol–water partition coefficient (Wildman–Crippen LogP) is 0.534. The first kappa shape index (κ1) is 11.3. The molecule has 0 saturated carbocycles. The molecule has 0 aliphatic heterocycles. The van der Waals surface area contributed by atoms with E-state index in [0.717, 1.165) is 12.4 Å². The highest BCUT2D eigenvalue weighted by molar-refractivity contribution is 5.30. The SMILES string of the molecule is CC(C)(N)CNc1ncc([N+](=O)[O-])cn1. The van der Waals surface area contributed by atoms with E-state index < -0.39 is 4.92 Å². The van der Waals surface area contributed by atoms with E-state index >= 15 is 0 Å². The monoisotopic (exact) mass is 211 g/mol. The van der Waals surface area contributed by atoms with E-state index in [-0.39, 0.29) is 11.2 Å². The summed E-state index contributed by atoms with van der Waals surface area (Å²) in [6, 6.07) is 0. The first-order chi connectivity index (χ1) is 6.88. The lowest BCUT2D eigenvalue weighted by Gasteiger charge is -2.18. The molecule has 0 spiro atoms. The summed E-state index contributed by atoms with van der Waals surface area (Å²) in [7, 11) is 0. The van der Waals surface area contributed by atoms with E-state index in [1.165, 1.54) is 0 Å². The third kappa shape index (κ3) is 3.86. The maximum absolute atomic E-state index is 10.3. The third-order valence-corrected chi connectivity index (χ3v) is 1.55. The highest BCUT2D eigenvalue weighted by Gasteiger charge is 2.11. The van der Waals surface area contributed by atoms with Crippen LogP contribution < -0.4 is 11.1 Å². The number of nitro groups is 1. The Balaban J connectivity index is 2.61. The van der Waals surface area contributed by atoms with Gasteiger partial charge in [-0.05, 0) is 13.8 Å². The quantitative estimate of drug-likeness (QED) is 0.555. The molecule has 7 nitrogen and oxygen atoms in total. The van der Waals surface area contributed by atoms with Crippen LogP contribution in [0.1, 0.15) is 13.8 Å². The molecule has 0 unspecified atom stereocenters. The van der Waals surface area contributed by atoms with Crippen LogP contribution in [0.4, 0.5) is 11.6 Å². The van der Waals surface area contributed by atoms with Crippen molar-refractivity contribution in [2.75, 3.05) is 11.9 Å². The molecule has 15 heavy (non-hydrogen) atoms. The highest BCUT2D eigenvalue weighted by Crippen LogP contribution is 2.08. The van der Waals surface area contributed by atoms with Crippen LogP contribution >= 0.6 is 0 Å². The van der Waals surface area contributed by atoms with Crippen LogP contribution in [0.25, 0.3) is 0 Å². The summed E-state index contributed by atoms with van der Waals surface area (Å²) in [5, 5.41) is 13.2. The molecule has 0 saturated heterocycles. The number of rotatable bonds is 4. The first-order valence-corrected chi connectivity index (χ1v) is 4.38. The molecule has 1 heterocycles. The van der Waals surface area contributed by atoms with Crippen molar-refractivity contribution in [2.45, 2.75) is 19.4 Å². The van der Waals surface area contributed by atoms with E-state index in [1.807, 2.05) is 13.8 Å². The normalized spacial score (nSPS) is 11.1. The molecule has 0 amide bonds. The molecule has 0 aromatic carbocycles. The Bertz CT molecular complexity index is 343. The lowest BCUT2D eigenvalue weighted by molar-refractivity contribution is -0.385. The van der Waals surface area contributed by atoms with Gasteiger partial charge in [-0.15, -0.1) is 0 Å². The molecule has 1 aromatic heterocycles. The molecule has 1 aromatic rings. The van der Waals surface area contributed by atoms with Crippen LogP contribution in [0, 0.1) is 10.1 Å². The number of nitrogens with two attached hydrogens (primary N) is 1. The number of anilines is 1. The Kier molecular flexibility index (Phi) is 3.15. The summed E-state index contributed by atoms with van der Waals surface area (Å²) in [5.74, 6) is 0.333. The van der Waals surface area contributed by atoms with Crippen LogP contribution in [0.5, 0.6) is 0 Å². The van der Waals surface area contributed by atoms with Crippen LogP contribution in [-0.4, -0.2) is 27.0 Å². The molecule has 0 radical (unpaired) electrons. The van der Waals surface area contributed by atoms with Crippen LogP contribution in [0.3, 0.4) is 0 Å². The van der Waals surface area contributed by atoms with Gasteiger partial charge in [0.2, 0.25) is 5.95 Å². The Morgan fingerprint density at radius 1 is 1.53 bits per heavy atom. The second kappa shape index (κ2) is 4.18. The van der Waals surface area contributed by atoms with Crippen molar-refractivity contribution in [3.05, 3.63) is 22.5 Å². The van der Waals surface area contributed by atoms with Gasteiger partial charge in [0.05, 0.1) is 4.92 Å². The van der Waals surface area contributed by atoms with E-state index in [2.05, 4.69) is 15.3 Å². The summed E-state index contributed by atoms with van der Waals surface area (Å²) in [6.07, 6.45) is 2.30. The Labute approximate surface area is 86.9 Å². The van der Waals surface area contributed by atoms with E-state index in [9.17, 15) is 10.1 Å². The molecule has 0 atom stereocenters. The minimum atomic E-state index is -0.545. The minimum Gasteiger partial charge on any atom is -0.352 e. The Hall–Kier alpha value is -1.76. The van der Waals surface area contributed by atoms with Gasteiger partial charge in [-0.1, -0.05) is 0 Å². The van der Waals surface area contributed by atoms with E-state index in [4.69, 9.17) is 5.73 Å². The Morgan fingerprint density at radius 2 is 2.07 bits per heavy atom. The van der Waals surface area contributed by atoms with Crippen molar-refractivity contribution < 1.29 is 4.92 Å². The number of nitrogens with one attached hydrogen (secondary N) is 1. The molecule has 0 fully saturated rings. The summed E-state index contributed by atoms with van der Waals surface area (Å²) in [4.78, 5) is 17.3. The molecule has 82 valence electrons. The number of aromatic nitrogens is 2. The molecular formula is C8H13N5O2. The van der Waals surface area contributed by atoms with Gasteiger partial charge in [0.25, 0.3) is 0 Å². The summed E-state index contributed by atoms with van der Waals surface area (Å²) in [5.41, 5.74) is 5.22. The first-order valence-electron chi connectivity index (χ1n) is 4.38. The van der Waals surface area contributed by atoms with Crippen molar-refractivity contribution in [1.29, 1.82) is 0 Å². The molecule has 7 heteroatoms. The van der Waals surface area contributed by atoms with Crippen LogP contribution in [0.15, 0.2) is 12.4 Å². The molecular weight excluding hydrogens is 198 g/mol. The molecule has 1 rings (SSSR count). The maximum atomic E-state index is 10.3. The summed E-state index contributed by atoms with van der Waals surface area (Å²) >= 11 is 0. The van der Waals surface area contributed by atoms with Gasteiger partial charge in [0.1, 0.15) is 12.4 Å². The number of nitrogens with zero attached hydrogens (tertiary/aromatic N) is 3. The van der Waals surface area contributed by atoms with Gasteiger partial charge < -0.3 is 11.1 Å². The number of hydrogen-bond acceptors (Lipinski definition) is 6. The number of hydrogen-bond donors (Lipinski definition) is 2. The lowest BCUT2D eigenvalue weighted by Crippen LogP contribution is -2.39. The van der Waals surface area contributed by atoms with Gasteiger partial charge in [0.15, 0.2) is 0 Å². The zero-order valence-corrected chi connectivity index (χ0v) is 8.60. The molecule has 0 aliphatic carbocycles. The summed E-state index contributed by atoms with van der Waals surface area (Å²) < 4.78 is 0. The lowest BCUT2D eigenvalue weighted by atomic mass is 10.1. The average molecular weight is 211 g/mol. The van der Waals surface area contributed by atoms with Crippen molar-refractivity contribution in [3.8, 4) is 0 Å². The van der Waals surface area contributed by atoms with E-state index in [1.54, 1.807) is 0 Å². The maximum Gasteiger partial charge on any atom is 0.305 e. The van der Waals surface area contributed by atoms with Crippen LogP contribution in [-0.2, 0) is 0 Å². The standard InChI is InChI=1S/C8H13N5O2/c1-8(2,9)5-12-7-10-3-6(4-11-7)13(14)15/h3-4H,5,9H2,1-2H3,(H,10,11,12). The second-order valence-electron chi connectivity index (χ2n) is 3.86.